The molecule has 2 aromatic carbocycles. The molecule has 0 radical (unpaired) electrons. The van der Waals surface area contributed by atoms with Crippen LogP contribution in [0.4, 0.5) is 0 Å². The van der Waals surface area contributed by atoms with Gasteiger partial charge in [-0.15, -0.1) is 11.8 Å². The second-order valence-corrected chi connectivity index (χ2v) is 5.77. The summed E-state index contributed by atoms with van der Waals surface area (Å²) in [5.41, 5.74) is 8.52. The summed E-state index contributed by atoms with van der Waals surface area (Å²) < 4.78 is 0. The molecule has 1 atom stereocenters. The van der Waals surface area contributed by atoms with Crippen molar-refractivity contribution in [1.82, 2.24) is 0 Å². The van der Waals surface area contributed by atoms with E-state index in [-0.39, 0.29) is 6.04 Å². The number of aromatic hydroxyl groups is 1. The summed E-state index contributed by atoms with van der Waals surface area (Å²) in [6.45, 7) is 2.11. The molecule has 0 saturated carbocycles. The van der Waals surface area contributed by atoms with Crippen LogP contribution in [0.15, 0.2) is 53.4 Å². The Labute approximate surface area is 118 Å². The van der Waals surface area contributed by atoms with Crippen LogP contribution in [0.1, 0.15) is 11.1 Å². The molecule has 0 saturated heterocycles. The van der Waals surface area contributed by atoms with E-state index >= 15 is 0 Å². The average Bonchev–Trinajstić information content (AvgIpc) is 2.38. The molecule has 0 aliphatic heterocycles. The van der Waals surface area contributed by atoms with Gasteiger partial charge in [0.2, 0.25) is 0 Å². The Hall–Kier alpha value is -1.45. The van der Waals surface area contributed by atoms with Gasteiger partial charge in [0.1, 0.15) is 5.75 Å². The minimum Gasteiger partial charge on any atom is -0.508 e. The number of aryl methyl sites for hydroxylation is 1. The van der Waals surface area contributed by atoms with Gasteiger partial charge in [0.25, 0.3) is 0 Å². The zero-order chi connectivity index (χ0) is 13.7. The number of hydrogen-bond acceptors (Lipinski definition) is 3. The van der Waals surface area contributed by atoms with Gasteiger partial charge in [0.15, 0.2) is 0 Å². The maximum absolute atomic E-state index is 9.42. The highest BCUT2D eigenvalue weighted by molar-refractivity contribution is 7.99. The highest BCUT2D eigenvalue weighted by atomic mass is 32.2. The molecule has 0 aliphatic rings. The van der Waals surface area contributed by atoms with E-state index in [4.69, 9.17) is 5.73 Å². The summed E-state index contributed by atoms with van der Waals surface area (Å²) >= 11 is 1.79. The maximum Gasteiger partial charge on any atom is 0.115 e. The van der Waals surface area contributed by atoms with Crippen LogP contribution in [-0.2, 0) is 6.42 Å². The Morgan fingerprint density at radius 2 is 1.95 bits per heavy atom. The van der Waals surface area contributed by atoms with E-state index in [1.165, 1.54) is 10.5 Å². The molecule has 0 heterocycles. The lowest BCUT2D eigenvalue weighted by Crippen LogP contribution is -2.25. The summed E-state index contributed by atoms with van der Waals surface area (Å²) in [7, 11) is 0. The third-order valence-corrected chi connectivity index (χ3v) is 4.32. The van der Waals surface area contributed by atoms with Crippen LogP contribution in [0.25, 0.3) is 0 Å². The van der Waals surface area contributed by atoms with E-state index in [1.807, 2.05) is 18.2 Å². The molecule has 2 nitrogen and oxygen atoms in total. The van der Waals surface area contributed by atoms with E-state index in [0.29, 0.717) is 5.75 Å². The number of phenols is 1. The van der Waals surface area contributed by atoms with Crippen LogP contribution in [0.2, 0.25) is 0 Å². The standard InChI is InChI=1S/C16H19NOS/c1-12-5-2-3-8-16(12)19-11-14(17)9-13-6-4-7-15(18)10-13/h2-8,10,14,18H,9,11,17H2,1H3. The Kier molecular flexibility index (Phi) is 4.88. The predicted octanol–water partition coefficient (Wildman–Crippen LogP) is 3.36. The van der Waals surface area contributed by atoms with Crippen molar-refractivity contribution >= 4 is 11.8 Å². The average molecular weight is 273 g/mol. The smallest absolute Gasteiger partial charge is 0.115 e. The van der Waals surface area contributed by atoms with E-state index in [9.17, 15) is 5.11 Å². The van der Waals surface area contributed by atoms with Crippen molar-refractivity contribution in [3.63, 3.8) is 0 Å². The molecule has 0 fully saturated rings. The van der Waals surface area contributed by atoms with Crippen LogP contribution in [0.5, 0.6) is 5.75 Å². The highest BCUT2D eigenvalue weighted by Gasteiger charge is 2.06. The van der Waals surface area contributed by atoms with Gasteiger partial charge in [0, 0.05) is 16.7 Å². The normalized spacial score (nSPS) is 12.3. The van der Waals surface area contributed by atoms with Crippen LogP contribution < -0.4 is 5.73 Å². The molecule has 2 aromatic rings. The number of phenolic OH excluding ortho intramolecular Hbond substituents is 1. The number of benzene rings is 2. The molecule has 0 spiro atoms. The van der Waals surface area contributed by atoms with Crippen LogP contribution in [-0.4, -0.2) is 16.9 Å². The molecule has 0 bridgehead atoms. The minimum absolute atomic E-state index is 0.0893. The summed E-state index contributed by atoms with van der Waals surface area (Å²) in [5, 5.41) is 9.42. The number of thioether (sulfide) groups is 1. The van der Waals surface area contributed by atoms with E-state index in [1.54, 1.807) is 23.9 Å². The monoisotopic (exact) mass is 273 g/mol. The van der Waals surface area contributed by atoms with Crippen molar-refractivity contribution in [1.29, 1.82) is 0 Å². The first-order valence-corrected chi connectivity index (χ1v) is 7.35. The van der Waals surface area contributed by atoms with Crippen molar-refractivity contribution in [3.8, 4) is 5.75 Å². The molecule has 100 valence electrons. The van der Waals surface area contributed by atoms with Crippen molar-refractivity contribution < 1.29 is 5.11 Å². The highest BCUT2D eigenvalue weighted by Crippen LogP contribution is 2.23. The Balaban J connectivity index is 1.88. The van der Waals surface area contributed by atoms with Gasteiger partial charge in [-0.3, -0.25) is 0 Å². The van der Waals surface area contributed by atoms with Gasteiger partial charge in [0.05, 0.1) is 0 Å². The van der Waals surface area contributed by atoms with Gasteiger partial charge in [-0.25, -0.2) is 0 Å². The number of hydrogen-bond donors (Lipinski definition) is 2. The molecule has 1 unspecified atom stereocenters. The molecule has 19 heavy (non-hydrogen) atoms. The maximum atomic E-state index is 9.42. The van der Waals surface area contributed by atoms with Crippen molar-refractivity contribution in [2.75, 3.05) is 5.75 Å². The van der Waals surface area contributed by atoms with Gasteiger partial charge in [-0.1, -0.05) is 30.3 Å². The Morgan fingerprint density at radius 1 is 1.16 bits per heavy atom. The fourth-order valence-corrected chi connectivity index (χ4v) is 2.94. The molecule has 2 rings (SSSR count). The first-order chi connectivity index (χ1) is 9.15. The fourth-order valence-electron chi connectivity index (χ4n) is 1.96. The van der Waals surface area contributed by atoms with Gasteiger partial charge < -0.3 is 10.8 Å². The van der Waals surface area contributed by atoms with Gasteiger partial charge >= 0.3 is 0 Å². The lowest BCUT2D eigenvalue weighted by molar-refractivity contribution is 0.474. The zero-order valence-corrected chi connectivity index (χ0v) is 11.9. The van der Waals surface area contributed by atoms with Crippen molar-refractivity contribution in [2.24, 2.45) is 5.73 Å². The first-order valence-electron chi connectivity index (χ1n) is 6.37. The molecular weight excluding hydrogens is 254 g/mol. The van der Waals surface area contributed by atoms with E-state index < -0.39 is 0 Å². The van der Waals surface area contributed by atoms with E-state index in [0.717, 1.165) is 17.7 Å². The second-order valence-electron chi connectivity index (χ2n) is 4.71. The van der Waals surface area contributed by atoms with Gasteiger partial charge in [-0.05, 0) is 42.7 Å². The molecule has 0 aliphatic carbocycles. The lowest BCUT2D eigenvalue weighted by Gasteiger charge is -2.12. The quantitative estimate of drug-likeness (QED) is 0.821. The Bertz CT molecular complexity index is 542. The third-order valence-electron chi connectivity index (χ3n) is 2.95. The van der Waals surface area contributed by atoms with Gasteiger partial charge in [-0.2, -0.15) is 0 Å². The van der Waals surface area contributed by atoms with Crippen LogP contribution >= 0.6 is 11.8 Å². The summed E-state index contributed by atoms with van der Waals surface area (Å²) in [6, 6.07) is 15.7. The van der Waals surface area contributed by atoms with Crippen LogP contribution in [0, 0.1) is 6.92 Å². The lowest BCUT2D eigenvalue weighted by atomic mass is 10.1. The second kappa shape index (κ2) is 6.64. The molecule has 3 heteroatoms. The molecule has 0 aromatic heterocycles. The molecule has 3 N–H and O–H groups in total. The summed E-state index contributed by atoms with van der Waals surface area (Å²) in [4.78, 5) is 1.29. The summed E-state index contributed by atoms with van der Waals surface area (Å²) in [5.74, 6) is 1.18. The predicted molar refractivity (Wildman–Crippen MR) is 81.7 cm³/mol. The third kappa shape index (κ3) is 4.30. The van der Waals surface area contributed by atoms with Crippen molar-refractivity contribution in [2.45, 2.75) is 24.3 Å². The molecular formula is C16H19NOS. The SMILES string of the molecule is Cc1ccccc1SCC(N)Cc1cccc(O)c1. The molecule has 0 amide bonds. The number of rotatable bonds is 5. The Morgan fingerprint density at radius 3 is 2.68 bits per heavy atom. The largest absolute Gasteiger partial charge is 0.508 e. The van der Waals surface area contributed by atoms with E-state index in [2.05, 4.69) is 25.1 Å². The summed E-state index contributed by atoms with van der Waals surface area (Å²) in [6.07, 6.45) is 0.785. The number of nitrogens with two attached hydrogens (primary N) is 1. The van der Waals surface area contributed by atoms with Crippen LogP contribution in [0.3, 0.4) is 0 Å². The van der Waals surface area contributed by atoms with Crippen molar-refractivity contribution in [3.05, 3.63) is 59.7 Å². The zero-order valence-electron chi connectivity index (χ0n) is 11.0. The minimum atomic E-state index is 0.0893. The topological polar surface area (TPSA) is 46.2 Å². The fraction of sp³-hybridized carbons (Fsp3) is 0.250. The first kappa shape index (κ1) is 14.0.